The quantitative estimate of drug-likeness (QED) is 0.428. The number of aromatic nitrogens is 2. The molecule has 8 nitrogen and oxygen atoms in total. The highest BCUT2D eigenvalue weighted by atomic mass is 79.9. The van der Waals surface area contributed by atoms with Gasteiger partial charge in [-0.15, -0.1) is 0 Å². The van der Waals surface area contributed by atoms with Crippen molar-refractivity contribution in [2.24, 2.45) is 5.84 Å². The Balaban J connectivity index is 2.77. The monoisotopic (exact) mass is 352 g/mol. The molecule has 5 N–H and O–H groups in total. The molecule has 0 atom stereocenters. The Hall–Kier alpha value is -0.970. The zero-order valence-corrected chi connectivity index (χ0v) is 13.3. The topological polar surface area (TPSA) is 122 Å². The average molecular weight is 353 g/mol. The van der Waals surface area contributed by atoms with E-state index in [9.17, 15) is 8.42 Å². The van der Waals surface area contributed by atoms with Crippen LogP contribution in [-0.2, 0) is 10.0 Å². The molecule has 1 heterocycles. The van der Waals surface area contributed by atoms with E-state index in [4.69, 9.17) is 5.84 Å². The largest absolute Gasteiger partial charge is 0.367 e. The molecule has 0 unspecified atom stereocenters. The molecule has 19 heavy (non-hydrogen) atoms. The summed E-state index contributed by atoms with van der Waals surface area (Å²) in [5, 5.41) is 3.03. The number of nitrogens with two attached hydrogens (primary N) is 1. The third-order valence-corrected chi connectivity index (χ3v) is 3.76. The Kier molecular flexibility index (Phi) is 5.07. The van der Waals surface area contributed by atoms with Gasteiger partial charge in [-0.05, 0) is 29.8 Å². The standard InChI is InChI=1S/C9H17BrN6O2S/c1-9(2,16-19(3,17)18)4-12-7-6(10)8(15-11)14-5-13-7/h5,16H,4,11H2,1-3H3,(H2,12,13,14,15). The molecule has 1 rings (SSSR count). The Morgan fingerprint density at radius 1 is 1.37 bits per heavy atom. The Bertz CT molecular complexity index is 548. The van der Waals surface area contributed by atoms with Crippen molar-refractivity contribution < 1.29 is 8.42 Å². The molecule has 0 bridgehead atoms. The van der Waals surface area contributed by atoms with Crippen molar-refractivity contribution in [3.05, 3.63) is 10.8 Å². The average Bonchev–Trinajstić information content (AvgIpc) is 2.24. The molecule has 0 radical (unpaired) electrons. The van der Waals surface area contributed by atoms with Gasteiger partial charge < -0.3 is 10.7 Å². The molecule has 0 aliphatic heterocycles. The zero-order valence-electron chi connectivity index (χ0n) is 10.9. The van der Waals surface area contributed by atoms with Gasteiger partial charge >= 0.3 is 0 Å². The van der Waals surface area contributed by atoms with E-state index in [1.165, 1.54) is 6.33 Å². The SMILES string of the molecule is CC(C)(CNc1ncnc(NN)c1Br)NS(C)(=O)=O. The lowest BCUT2D eigenvalue weighted by molar-refractivity contribution is 0.476. The van der Waals surface area contributed by atoms with Crippen LogP contribution < -0.4 is 21.3 Å². The minimum Gasteiger partial charge on any atom is -0.367 e. The van der Waals surface area contributed by atoms with Crippen LogP contribution in [0.1, 0.15) is 13.8 Å². The normalized spacial score (nSPS) is 12.3. The van der Waals surface area contributed by atoms with Crippen molar-refractivity contribution in [1.82, 2.24) is 14.7 Å². The molecule has 108 valence electrons. The maximum atomic E-state index is 11.2. The van der Waals surface area contributed by atoms with Crippen LogP contribution in [0, 0.1) is 0 Å². The van der Waals surface area contributed by atoms with Crippen LogP contribution in [0.5, 0.6) is 0 Å². The van der Waals surface area contributed by atoms with E-state index in [-0.39, 0.29) is 0 Å². The van der Waals surface area contributed by atoms with Gasteiger partial charge in [-0.2, -0.15) is 0 Å². The Morgan fingerprint density at radius 3 is 2.47 bits per heavy atom. The number of nitrogens with one attached hydrogen (secondary N) is 3. The van der Waals surface area contributed by atoms with Crippen molar-refractivity contribution in [2.75, 3.05) is 23.5 Å². The molecule has 0 fully saturated rings. The predicted molar refractivity (Wildman–Crippen MR) is 78.1 cm³/mol. The van der Waals surface area contributed by atoms with Gasteiger partial charge in [-0.25, -0.2) is 29.0 Å². The number of anilines is 2. The van der Waals surface area contributed by atoms with Crippen LogP contribution in [0.2, 0.25) is 0 Å². The second-order valence-electron chi connectivity index (χ2n) is 4.64. The third-order valence-electron chi connectivity index (χ3n) is 2.09. The molecule has 0 saturated heterocycles. The summed E-state index contributed by atoms with van der Waals surface area (Å²) in [5.74, 6) is 6.25. The highest BCUT2D eigenvalue weighted by Gasteiger charge is 2.22. The van der Waals surface area contributed by atoms with Gasteiger partial charge in [-0.3, -0.25) is 0 Å². The van der Waals surface area contributed by atoms with Gasteiger partial charge in [0.15, 0.2) is 5.82 Å². The number of nitrogen functional groups attached to an aromatic ring is 1. The van der Waals surface area contributed by atoms with Gasteiger partial charge in [0.25, 0.3) is 0 Å². The van der Waals surface area contributed by atoms with E-state index in [1.54, 1.807) is 13.8 Å². The van der Waals surface area contributed by atoms with E-state index >= 15 is 0 Å². The molecular weight excluding hydrogens is 336 g/mol. The first-order valence-electron chi connectivity index (χ1n) is 5.34. The summed E-state index contributed by atoms with van der Waals surface area (Å²) < 4.78 is 25.6. The van der Waals surface area contributed by atoms with Gasteiger partial charge in [0.05, 0.1) is 6.26 Å². The lowest BCUT2D eigenvalue weighted by atomic mass is 10.1. The van der Waals surface area contributed by atoms with E-state index in [0.29, 0.717) is 22.7 Å². The van der Waals surface area contributed by atoms with Gasteiger partial charge in [-0.1, -0.05) is 0 Å². The summed E-state index contributed by atoms with van der Waals surface area (Å²) in [6.07, 6.45) is 2.46. The summed E-state index contributed by atoms with van der Waals surface area (Å²) in [7, 11) is -3.28. The van der Waals surface area contributed by atoms with Crippen molar-refractivity contribution >= 4 is 37.6 Å². The van der Waals surface area contributed by atoms with Crippen molar-refractivity contribution in [2.45, 2.75) is 19.4 Å². The molecule has 0 spiro atoms. The van der Waals surface area contributed by atoms with E-state index in [2.05, 4.69) is 41.4 Å². The second-order valence-corrected chi connectivity index (χ2v) is 7.18. The third kappa shape index (κ3) is 5.27. The Morgan fingerprint density at radius 2 is 1.95 bits per heavy atom. The molecular formula is C9H17BrN6O2S. The smallest absolute Gasteiger partial charge is 0.209 e. The highest BCUT2D eigenvalue weighted by molar-refractivity contribution is 9.10. The van der Waals surface area contributed by atoms with Gasteiger partial charge in [0, 0.05) is 12.1 Å². The maximum absolute atomic E-state index is 11.2. The van der Waals surface area contributed by atoms with Crippen LogP contribution >= 0.6 is 15.9 Å². The minimum absolute atomic E-state index is 0.347. The summed E-state index contributed by atoms with van der Waals surface area (Å²) in [6, 6.07) is 0. The van der Waals surface area contributed by atoms with Crippen molar-refractivity contribution in [1.29, 1.82) is 0 Å². The van der Waals surface area contributed by atoms with Crippen LogP contribution in [-0.4, -0.2) is 36.7 Å². The number of hydrazine groups is 1. The first-order valence-corrected chi connectivity index (χ1v) is 8.03. The number of halogens is 1. The number of hydrogen-bond acceptors (Lipinski definition) is 7. The molecule has 1 aromatic heterocycles. The summed E-state index contributed by atoms with van der Waals surface area (Å²) in [6.45, 7) is 3.87. The Labute approximate surface area is 120 Å². The van der Waals surface area contributed by atoms with Gasteiger partial charge in [0.2, 0.25) is 10.0 Å². The minimum atomic E-state index is -3.28. The summed E-state index contributed by atoms with van der Waals surface area (Å²) >= 11 is 3.30. The first-order chi connectivity index (χ1) is 8.64. The zero-order chi connectivity index (χ0) is 14.7. The fraction of sp³-hybridized carbons (Fsp3) is 0.556. The fourth-order valence-corrected chi connectivity index (χ4v) is 2.97. The van der Waals surface area contributed by atoms with Gasteiger partial charge in [0.1, 0.15) is 16.6 Å². The maximum Gasteiger partial charge on any atom is 0.209 e. The number of nitrogens with zero attached hydrogens (tertiary/aromatic N) is 2. The van der Waals surface area contributed by atoms with Crippen LogP contribution in [0.4, 0.5) is 11.6 Å². The van der Waals surface area contributed by atoms with Crippen LogP contribution in [0.15, 0.2) is 10.8 Å². The number of rotatable bonds is 6. The molecule has 1 aromatic rings. The molecule has 0 saturated carbocycles. The van der Waals surface area contributed by atoms with E-state index in [0.717, 1.165) is 6.26 Å². The van der Waals surface area contributed by atoms with Crippen LogP contribution in [0.25, 0.3) is 0 Å². The molecule has 0 aliphatic carbocycles. The van der Waals surface area contributed by atoms with Crippen molar-refractivity contribution in [3.63, 3.8) is 0 Å². The van der Waals surface area contributed by atoms with Crippen LogP contribution in [0.3, 0.4) is 0 Å². The van der Waals surface area contributed by atoms with Crippen molar-refractivity contribution in [3.8, 4) is 0 Å². The number of sulfonamides is 1. The fourth-order valence-electron chi connectivity index (χ4n) is 1.44. The predicted octanol–water partition coefficient (Wildman–Crippen LogP) is 0.264. The lowest BCUT2D eigenvalue weighted by Gasteiger charge is -2.25. The number of hydrogen-bond donors (Lipinski definition) is 4. The lowest BCUT2D eigenvalue weighted by Crippen LogP contribution is -2.47. The molecule has 0 amide bonds. The molecule has 0 aliphatic rings. The second kappa shape index (κ2) is 5.99. The van der Waals surface area contributed by atoms with E-state index in [1.807, 2.05) is 0 Å². The van der Waals surface area contributed by atoms with E-state index < -0.39 is 15.6 Å². The highest BCUT2D eigenvalue weighted by Crippen LogP contribution is 2.25. The molecule has 10 heteroatoms. The first kappa shape index (κ1) is 16.1. The summed E-state index contributed by atoms with van der Waals surface area (Å²) in [5.41, 5.74) is 1.76. The molecule has 0 aromatic carbocycles. The summed E-state index contributed by atoms with van der Waals surface area (Å²) in [4.78, 5) is 7.96.